The predicted octanol–water partition coefficient (Wildman–Crippen LogP) is 4.67. The molecule has 12 heteroatoms. The number of halogens is 2. The highest BCUT2D eigenvalue weighted by molar-refractivity contribution is 7.22. The first-order valence-electron chi connectivity index (χ1n) is 11.3. The molecule has 0 saturated carbocycles. The van der Waals surface area contributed by atoms with Gasteiger partial charge in [0.25, 0.3) is 5.56 Å². The molecule has 0 atom stereocenters. The maximum absolute atomic E-state index is 14.2. The molecule has 0 radical (unpaired) electrons. The molecule has 0 spiro atoms. The molecule has 0 saturated heterocycles. The lowest BCUT2D eigenvalue weighted by Gasteiger charge is -2.13. The molecule has 0 unspecified atom stereocenters. The van der Waals surface area contributed by atoms with Gasteiger partial charge in [-0.3, -0.25) is 14.3 Å². The summed E-state index contributed by atoms with van der Waals surface area (Å²) in [5.74, 6) is 0.107. The monoisotopic (exact) mass is 538 g/mol. The van der Waals surface area contributed by atoms with Gasteiger partial charge in [-0.25, -0.2) is 18.7 Å². The van der Waals surface area contributed by atoms with E-state index in [-0.39, 0.29) is 28.4 Å². The van der Waals surface area contributed by atoms with Crippen molar-refractivity contribution < 1.29 is 9.13 Å². The number of benzene rings is 1. The van der Waals surface area contributed by atoms with E-state index < -0.39 is 17.1 Å². The van der Waals surface area contributed by atoms with Gasteiger partial charge in [0.05, 0.1) is 53.7 Å². The van der Waals surface area contributed by atoms with E-state index in [1.54, 1.807) is 12.3 Å². The van der Waals surface area contributed by atoms with Crippen LogP contribution >= 0.6 is 22.9 Å². The highest BCUT2D eigenvalue weighted by Crippen LogP contribution is 2.39. The summed E-state index contributed by atoms with van der Waals surface area (Å²) in [6.07, 6.45) is 3.11. The van der Waals surface area contributed by atoms with Crippen molar-refractivity contribution in [2.45, 2.75) is 33.4 Å². The number of ether oxygens (including phenoxy) is 1. The summed E-state index contributed by atoms with van der Waals surface area (Å²) in [5, 5.41) is 9.36. The van der Waals surface area contributed by atoms with Crippen LogP contribution in [0, 0.1) is 24.1 Å². The lowest BCUT2D eigenvalue weighted by atomic mass is 10.1. The van der Waals surface area contributed by atoms with Gasteiger partial charge in [0, 0.05) is 23.5 Å². The van der Waals surface area contributed by atoms with Crippen molar-refractivity contribution in [1.82, 2.24) is 23.7 Å². The van der Waals surface area contributed by atoms with Gasteiger partial charge >= 0.3 is 5.69 Å². The predicted molar refractivity (Wildman–Crippen MR) is 140 cm³/mol. The number of aromatic nitrogens is 5. The zero-order valence-electron chi connectivity index (χ0n) is 20.1. The van der Waals surface area contributed by atoms with Gasteiger partial charge in [0.1, 0.15) is 16.0 Å². The fourth-order valence-electron chi connectivity index (χ4n) is 4.48. The molecule has 5 rings (SSSR count). The molecule has 1 aromatic carbocycles. The SMILES string of the molecule is CCn1c(C)nc2cncc(-n3c(=O)c4sc(-c5cc(OC)c(F)cc5Cl)cc4n(CCC#N)c3=O)c21. The first-order valence-corrected chi connectivity index (χ1v) is 12.5. The Hall–Kier alpha value is -4.01. The molecule has 4 heterocycles. The number of methoxy groups -OCH3 is 1. The molecule has 0 N–H and O–H groups in total. The summed E-state index contributed by atoms with van der Waals surface area (Å²) in [5.41, 5.74) is 1.16. The van der Waals surface area contributed by atoms with Gasteiger partial charge in [0.2, 0.25) is 0 Å². The van der Waals surface area contributed by atoms with Crippen molar-refractivity contribution in [3.05, 3.63) is 68.1 Å². The molecule has 4 aromatic heterocycles. The highest BCUT2D eigenvalue weighted by Gasteiger charge is 2.22. The van der Waals surface area contributed by atoms with Crippen LogP contribution in [-0.4, -0.2) is 30.8 Å². The number of pyridine rings is 1. The lowest BCUT2D eigenvalue weighted by molar-refractivity contribution is 0.387. The molecule has 0 aliphatic carbocycles. The van der Waals surface area contributed by atoms with Crippen LogP contribution in [-0.2, 0) is 13.1 Å². The lowest BCUT2D eigenvalue weighted by Crippen LogP contribution is -2.38. The van der Waals surface area contributed by atoms with Crippen LogP contribution in [0.3, 0.4) is 0 Å². The normalized spacial score (nSPS) is 11.4. The molecule has 0 bridgehead atoms. The molecule has 0 aliphatic rings. The van der Waals surface area contributed by atoms with Gasteiger partial charge in [0.15, 0.2) is 11.6 Å². The number of hydrogen-bond acceptors (Lipinski definition) is 7. The minimum absolute atomic E-state index is 0.00270. The molecule has 188 valence electrons. The Morgan fingerprint density at radius 3 is 2.70 bits per heavy atom. The smallest absolute Gasteiger partial charge is 0.336 e. The van der Waals surface area contributed by atoms with Crippen molar-refractivity contribution in [3.63, 3.8) is 0 Å². The van der Waals surface area contributed by atoms with Crippen molar-refractivity contribution >= 4 is 44.2 Å². The highest BCUT2D eigenvalue weighted by atomic mass is 35.5. The Kier molecular flexibility index (Phi) is 6.31. The van der Waals surface area contributed by atoms with Crippen molar-refractivity contribution in [2.24, 2.45) is 0 Å². The molecule has 5 aromatic rings. The number of nitrogens with zero attached hydrogens (tertiary/aromatic N) is 6. The molecule has 0 fully saturated rings. The molecule has 37 heavy (non-hydrogen) atoms. The zero-order valence-corrected chi connectivity index (χ0v) is 21.7. The fraction of sp³-hybridized carbons (Fsp3) is 0.240. The van der Waals surface area contributed by atoms with Crippen LogP contribution in [0.4, 0.5) is 4.39 Å². The van der Waals surface area contributed by atoms with Gasteiger partial charge in [-0.05, 0) is 32.0 Å². The quantitative estimate of drug-likeness (QED) is 0.311. The number of thiophene rings is 1. The van der Waals surface area contributed by atoms with Crippen LogP contribution in [0.25, 0.3) is 37.4 Å². The molecule has 0 amide bonds. The van der Waals surface area contributed by atoms with Crippen LogP contribution < -0.4 is 16.0 Å². The fourth-order valence-corrected chi connectivity index (χ4v) is 5.91. The number of aryl methyl sites for hydroxylation is 3. The van der Waals surface area contributed by atoms with Gasteiger partial charge in [-0.15, -0.1) is 11.3 Å². The Balaban J connectivity index is 1.86. The van der Waals surface area contributed by atoms with Crippen LogP contribution in [0.1, 0.15) is 19.2 Å². The number of nitriles is 1. The van der Waals surface area contributed by atoms with Crippen molar-refractivity contribution in [3.8, 4) is 27.9 Å². The van der Waals surface area contributed by atoms with E-state index in [1.165, 1.54) is 23.9 Å². The standard InChI is InChI=1S/C25H20ClFN6O3S/c1-4-31-13(2)30-17-11-29-12-19(22(17)31)33-24(34)23-18(32(25(33)35)7-5-6-28)10-21(37-23)14-8-20(36-3)16(27)9-15(14)26/h8-12H,4-5,7H2,1-3H3. The Morgan fingerprint density at radius 2 is 2.00 bits per heavy atom. The molecular weight excluding hydrogens is 519 g/mol. The molecule has 9 nitrogen and oxygen atoms in total. The summed E-state index contributed by atoms with van der Waals surface area (Å²) in [4.78, 5) is 36.9. The summed E-state index contributed by atoms with van der Waals surface area (Å²) < 4.78 is 23.9. The van der Waals surface area contributed by atoms with E-state index in [9.17, 15) is 19.2 Å². The minimum atomic E-state index is -0.617. The second-order valence-corrected chi connectivity index (χ2v) is 9.66. The van der Waals surface area contributed by atoms with E-state index in [4.69, 9.17) is 16.3 Å². The topological polar surface area (TPSA) is 108 Å². The second kappa shape index (κ2) is 9.46. The van der Waals surface area contributed by atoms with Crippen LogP contribution in [0.15, 0.2) is 40.2 Å². The Labute approximate surface area is 218 Å². The van der Waals surface area contributed by atoms with Gasteiger partial charge < -0.3 is 9.30 Å². The van der Waals surface area contributed by atoms with Gasteiger partial charge in [-0.1, -0.05) is 11.6 Å². The summed E-state index contributed by atoms with van der Waals surface area (Å²) in [6.45, 7) is 4.43. The van der Waals surface area contributed by atoms with Gasteiger partial charge in [-0.2, -0.15) is 5.26 Å². The summed E-state index contributed by atoms with van der Waals surface area (Å²) in [6, 6.07) is 6.30. The van der Waals surface area contributed by atoms with E-state index in [0.717, 1.165) is 27.8 Å². The van der Waals surface area contributed by atoms with Crippen LogP contribution in [0.2, 0.25) is 5.02 Å². The summed E-state index contributed by atoms with van der Waals surface area (Å²) in [7, 11) is 1.34. The van der Waals surface area contributed by atoms with E-state index >= 15 is 0 Å². The van der Waals surface area contributed by atoms with Crippen LogP contribution in [0.5, 0.6) is 5.75 Å². The molecule has 0 aliphatic heterocycles. The molecular formula is C25H20ClFN6O3S. The summed E-state index contributed by atoms with van der Waals surface area (Å²) >= 11 is 7.46. The number of imidazole rings is 1. The minimum Gasteiger partial charge on any atom is -0.494 e. The third-order valence-electron chi connectivity index (χ3n) is 6.16. The first-order chi connectivity index (χ1) is 17.8. The Bertz CT molecular complexity index is 1860. The Morgan fingerprint density at radius 1 is 1.22 bits per heavy atom. The average molecular weight is 539 g/mol. The number of hydrogen-bond donors (Lipinski definition) is 0. The first kappa shape index (κ1) is 24.7. The van der Waals surface area contributed by atoms with E-state index in [0.29, 0.717) is 39.2 Å². The van der Waals surface area contributed by atoms with E-state index in [2.05, 4.69) is 16.0 Å². The number of fused-ring (bicyclic) bond motifs is 2. The maximum atomic E-state index is 14.2. The van der Waals surface area contributed by atoms with Crippen molar-refractivity contribution in [1.29, 1.82) is 5.26 Å². The third-order valence-corrected chi connectivity index (χ3v) is 7.61. The maximum Gasteiger partial charge on any atom is 0.336 e. The zero-order chi connectivity index (χ0) is 26.4. The number of rotatable bonds is 6. The average Bonchev–Trinajstić information content (AvgIpc) is 3.45. The van der Waals surface area contributed by atoms with Crippen molar-refractivity contribution in [2.75, 3.05) is 7.11 Å². The largest absolute Gasteiger partial charge is 0.494 e. The third kappa shape index (κ3) is 3.89. The second-order valence-electron chi connectivity index (χ2n) is 8.20. The van der Waals surface area contributed by atoms with E-state index in [1.807, 2.05) is 18.4 Å².